The SMILES string of the molecule is CN=C(NCCOCc1ccccc1)N(C)CC1CCOC1.I. The fraction of sp³-hybridized carbons (Fsp3) is 0.588. The van der Waals surface area contributed by atoms with E-state index in [-0.39, 0.29) is 24.0 Å². The molecule has 5 nitrogen and oxygen atoms in total. The summed E-state index contributed by atoms with van der Waals surface area (Å²) in [7, 11) is 3.88. The molecule has 1 aromatic rings. The normalized spacial score (nSPS) is 17.7. The Kier molecular flexibility index (Phi) is 10.2. The third kappa shape index (κ3) is 7.50. The van der Waals surface area contributed by atoms with Crippen LogP contribution in [0.15, 0.2) is 35.3 Å². The lowest BCUT2D eigenvalue weighted by molar-refractivity contribution is 0.125. The average Bonchev–Trinajstić information content (AvgIpc) is 3.04. The van der Waals surface area contributed by atoms with E-state index < -0.39 is 0 Å². The van der Waals surface area contributed by atoms with Crippen LogP contribution in [-0.4, -0.2) is 57.9 Å². The first-order valence-corrected chi connectivity index (χ1v) is 7.91. The number of hydrogen-bond donors (Lipinski definition) is 1. The van der Waals surface area contributed by atoms with Crippen LogP contribution in [-0.2, 0) is 16.1 Å². The van der Waals surface area contributed by atoms with Crippen LogP contribution >= 0.6 is 24.0 Å². The summed E-state index contributed by atoms with van der Waals surface area (Å²) in [6.07, 6.45) is 1.14. The fourth-order valence-corrected chi connectivity index (χ4v) is 2.59. The van der Waals surface area contributed by atoms with Gasteiger partial charge in [-0.1, -0.05) is 30.3 Å². The van der Waals surface area contributed by atoms with Crippen molar-refractivity contribution in [3.05, 3.63) is 35.9 Å². The standard InChI is InChI=1S/C17H27N3O2.HI/c1-18-17(20(2)12-16-8-10-21-14-16)19-9-11-22-13-15-6-4-3-5-7-15;/h3-7,16H,8-14H2,1-2H3,(H,18,19);1H. The lowest BCUT2D eigenvalue weighted by Crippen LogP contribution is -2.42. The van der Waals surface area contributed by atoms with Gasteiger partial charge in [0.25, 0.3) is 0 Å². The molecule has 1 heterocycles. The lowest BCUT2D eigenvalue weighted by Gasteiger charge is -2.24. The summed E-state index contributed by atoms with van der Waals surface area (Å²) in [6, 6.07) is 10.2. The minimum atomic E-state index is 0. The van der Waals surface area contributed by atoms with E-state index in [0.29, 0.717) is 19.1 Å². The molecular formula is C17H28IN3O2. The van der Waals surface area contributed by atoms with E-state index in [1.54, 1.807) is 0 Å². The summed E-state index contributed by atoms with van der Waals surface area (Å²) in [5.74, 6) is 1.52. The molecular weight excluding hydrogens is 405 g/mol. The molecule has 1 N–H and O–H groups in total. The van der Waals surface area contributed by atoms with Gasteiger partial charge in [-0.3, -0.25) is 4.99 Å². The Balaban J connectivity index is 0.00000264. The molecule has 130 valence electrons. The van der Waals surface area contributed by atoms with Crippen LogP contribution in [0.4, 0.5) is 0 Å². The summed E-state index contributed by atoms with van der Waals surface area (Å²) in [5.41, 5.74) is 1.20. The van der Waals surface area contributed by atoms with E-state index in [0.717, 1.165) is 38.7 Å². The molecule has 1 fully saturated rings. The Morgan fingerprint density at radius 1 is 1.39 bits per heavy atom. The highest BCUT2D eigenvalue weighted by atomic mass is 127. The number of nitrogens with zero attached hydrogens (tertiary/aromatic N) is 2. The Hall–Kier alpha value is -0.860. The third-order valence-corrected chi connectivity index (χ3v) is 3.77. The molecule has 0 saturated carbocycles. The molecule has 0 radical (unpaired) electrons. The Morgan fingerprint density at radius 3 is 2.83 bits per heavy atom. The van der Waals surface area contributed by atoms with Crippen molar-refractivity contribution >= 4 is 29.9 Å². The van der Waals surface area contributed by atoms with E-state index in [9.17, 15) is 0 Å². The van der Waals surface area contributed by atoms with E-state index in [2.05, 4.69) is 34.4 Å². The highest BCUT2D eigenvalue weighted by Crippen LogP contribution is 2.13. The molecule has 1 unspecified atom stereocenters. The van der Waals surface area contributed by atoms with Crippen LogP contribution in [0.2, 0.25) is 0 Å². The molecule has 6 heteroatoms. The summed E-state index contributed by atoms with van der Waals surface area (Å²) in [4.78, 5) is 6.48. The van der Waals surface area contributed by atoms with Gasteiger partial charge in [-0.2, -0.15) is 0 Å². The molecule has 1 aliphatic heterocycles. The zero-order valence-electron chi connectivity index (χ0n) is 14.0. The van der Waals surface area contributed by atoms with E-state index in [4.69, 9.17) is 9.47 Å². The summed E-state index contributed by atoms with van der Waals surface area (Å²) in [6.45, 7) is 4.79. The fourth-order valence-electron chi connectivity index (χ4n) is 2.59. The van der Waals surface area contributed by atoms with Crippen molar-refractivity contribution in [2.45, 2.75) is 13.0 Å². The van der Waals surface area contributed by atoms with Crippen molar-refractivity contribution in [1.82, 2.24) is 10.2 Å². The number of hydrogen-bond acceptors (Lipinski definition) is 3. The Morgan fingerprint density at radius 2 is 2.17 bits per heavy atom. The molecule has 0 aromatic heterocycles. The van der Waals surface area contributed by atoms with Crippen molar-refractivity contribution in [3.8, 4) is 0 Å². The van der Waals surface area contributed by atoms with E-state index >= 15 is 0 Å². The molecule has 23 heavy (non-hydrogen) atoms. The van der Waals surface area contributed by atoms with Crippen molar-refractivity contribution in [1.29, 1.82) is 0 Å². The zero-order chi connectivity index (χ0) is 15.6. The molecule has 0 amide bonds. The smallest absolute Gasteiger partial charge is 0.193 e. The zero-order valence-corrected chi connectivity index (χ0v) is 16.4. The number of guanidine groups is 1. The highest BCUT2D eigenvalue weighted by Gasteiger charge is 2.18. The molecule has 1 aromatic carbocycles. The van der Waals surface area contributed by atoms with Crippen molar-refractivity contribution < 1.29 is 9.47 Å². The Bertz CT molecular complexity index is 450. The molecule has 1 atom stereocenters. The van der Waals surface area contributed by atoms with Crippen LogP contribution < -0.4 is 5.32 Å². The molecule has 0 bridgehead atoms. The number of halogens is 1. The number of aliphatic imine (C=N–C) groups is 1. The molecule has 2 rings (SSSR count). The predicted octanol–water partition coefficient (Wildman–Crippen LogP) is 2.36. The number of ether oxygens (including phenoxy) is 2. The second-order valence-electron chi connectivity index (χ2n) is 5.62. The van der Waals surface area contributed by atoms with Gasteiger partial charge in [0.1, 0.15) is 0 Å². The number of rotatable bonds is 7. The Labute approximate surface area is 156 Å². The summed E-state index contributed by atoms with van der Waals surface area (Å²) < 4.78 is 11.1. The van der Waals surface area contributed by atoms with Crippen LogP contribution in [0.25, 0.3) is 0 Å². The first-order valence-electron chi connectivity index (χ1n) is 7.91. The van der Waals surface area contributed by atoms with Gasteiger partial charge in [-0.15, -0.1) is 24.0 Å². The maximum absolute atomic E-state index is 5.67. The second kappa shape index (κ2) is 11.6. The van der Waals surface area contributed by atoms with E-state index in [1.165, 1.54) is 5.56 Å². The average molecular weight is 433 g/mol. The topological polar surface area (TPSA) is 46.1 Å². The highest BCUT2D eigenvalue weighted by molar-refractivity contribution is 14.0. The molecule has 0 spiro atoms. The first-order chi connectivity index (χ1) is 10.8. The monoisotopic (exact) mass is 433 g/mol. The van der Waals surface area contributed by atoms with Gasteiger partial charge in [0, 0.05) is 39.7 Å². The van der Waals surface area contributed by atoms with Gasteiger partial charge < -0.3 is 19.7 Å². The lowest BCUT2D eigenvalue weighted by atomic mass is 10.1. The number of benzene rings is 1. The van der Waals surface area contributed by atoms with Crippen LogP contribution in [0.3, 0.4) is 0 Å². The van der Waals surface area contributed by atoms with Gasteiger partial charge in [0.2, 0.25) is 0 Å². The van der Waals surface area contributed by atoms with Gasteiger partial charge in [-0.05, 0) is 12.0 Å². The number of nitrogens with one attached hydrogen (secondary N) is 1. The van der Waals surface area contributed by atoms with Crippen molar-refractivity contribution in [2.75, 3.05) is 47.0 Å². The molecule has 1 aliphatic rings. The van der Waals surface area contributed by atoms with Gasteiger partial charge in [0.05, 0.1) is 19.8 Å². The minimum Gasteiger partial charge on any atom is -0.381 e. The minimum absolute atomic E-state index is 0. The molecule has 0 aliphatic carbocycles. The maximum Gasteiger partial charge on any atom is 0.193 e. The van der Waals surface area contributed by atoms with E-state index in [1.807, 2.05) is 25.2 Å². The second-order valence-corrected chi connectivity index (χ2v) is 5.62. The summed E-state index contributed by atoms with van der Waals surface area (Å²) >= 11 is 0. The van der Waals surface area contributed by atoms with Crippen LogP contribution in [0, 0.1) is 5.92 Å². The molecule has 1 saturated heterocycles. The van der Waals surface area contributed by atoms with Crippen LogP contribution in [0.1, 0.15) is 12.0 Å². The summed E-state index contributed by atoms with van der Waals surface area (Å²) in [5, 5.41) is 3.34. The quantitative estimate of drug-likeness (QED) is 0.311. The van der Waals surface area contributed by atoms with Crippen molar-refractivity contribution in [2.24, 2.45) is 10.9 Å². The first kappa shape index (κ1) is 20.2. The van der Waals surface area contributed by atoms with Gasteiger partial charge in [0.15, 0.2) is 5.96 Å². The largest absolute Gasteiger partial charge is 0.381 e. The van der Waals surface area contributed by atoms with Gasteiger partial charge >= 0.3 is 0 Å². The van der Waals surface area contributed by atoms with Crippen LogP contribution in [0.5, 0.6) is 0 Å². The third-order valence-electron chi connectivity index (χ3n) is 3.77. The van der Waals surface area contributed by atoms with Crippen molar-refractivity contribution in [3.63, 3.8) is 0 Å². The predicted molar refractivity (Wildman–Crippen MR) is 104 cm³/mol. The maximum atomic E-state index is 5.67. The van der Waals surface area contributed by atoms with Gasteiger partial charge in [-0.25, -0.2) is 0 Å².